The molecule has 3 rings (SSSR count). The Morgan fingerprint density at radius 1 is 1.19 bits per heavy atom. The molecule has 1 fully saturated rings. The first-order chi connectivity index (χ1) is 13.1. The summed E-state index contributed by atoms with van der Waals surface area (Å²) in [5.41, 5.74) is 0.648. The van der Waals surface area contributed by atoms with E-state index in [1.54, 1.807) is 31.4 Å². The molecule has 0 saturated carbocycles. The molecule has 1 amide bonds. The van der Waals surface area contributed by atoms with Crippen LogP contribution in [-0.4, -0.2) is 52.7 Å². The molecule has 0 aliphatic carbocycles. The third kappa shape index (κ3) is 4.72. The zero-order chi connectivity index (χ0) is 19.2. The number of carbonyl (C=O) groups is 1. The van der Waals surface area contributed by atoms with Crippen molar-refractivity contribution in [3.05, 3.63) is 55.1 Å². The second kappa shape index (κ2) is 8.79. The number of amides is 1. The average Bonchev–Trinajstić information content (AvgIpc) is 2.74. The maximum absolute atomic E-state index is 12.8. The van der Waals surface area contributed by atoms with Crippen molar-refractivity contribution in [3.63, 3.8) is 0 Å². The zero-order valence-electron chi connectivity index (χ0n) is 15.1. The molecule has 1 aliphatic rings. The molecule has 2 heterocycles. The fraction of sp³-hybridized carbons (Fsp3) is 0.263. The standard InChI is InChI=1S/C19H22N4O3S/c1-3-18(24)20-15-7-9-16(10-8-15)27(25)23-13-11-22(12-14-23)17-5-4-6-19(21-17)26-2/h3-10H,1,11-14H2,2H3,(H,20,24). The van der Waals surface area contributed by atoms with E-state index in [9.17, 15) is 9.00 Å². The van der Waals surface area contributed by atoms with E-state index in [-0.39, 0.29) is 5.91 Å². The van der Waals surface area contributed by atoms with E-state index >= 15 is 0 Å². The van der Waals surface area contributed by atoms with Crippen LogP contribution in [0, 0.1) is 0 Å². The van der Waals surface area contributed by atoms with Gasteiger partial charge in [-0.3, -0.25) is 4.79 Å². The third-order valence-corrected chi connectivity index (χ3v) is 5.73. The van der Waals surface area contributed by atoms with Gasteiger partial charge in [-0.25, -0.2) is 8.51 Å². The highest BCUT2D eigenvalue weighted by atomic mass is 32.2. The lowest BCUT2D eigenvalue weighted by Crippen LogP contribution is -2.47. The Labute approximate surface area is 161 Å². The van der Waals surface area contributed by atoms with Gasteiger partial charge in [-0.15, -0.1) is 0 Å². The Kier molecular flexibility index (Phi) is 6.20. The van der Waals surface area contributed by atoms with Crippen molar-refractivity contribution in [1.82, 2.24) is 9.29 Å². The summed E-state index contributed by atoms with van der Waals surface area (Å²) in [6.45, 7) is 6.22. The fourth-order valence-corrected chi connectivity index (χ4v) is 3.94. The highest BCUT2D eigenvalue weighted by Crippen LogP contribution is 2.20. The summed E-state index contributed by atoms with van der Waals surface area (Å²) in [5, 5.41) is 2.68. The van der Waals surface area contributed by atoms with Crippen LogP contribution in [0.15, 0.2) is 60.0 Å². The van der Waals surface area contributed by atoms with Gasteiger partial charge in [0.2, 0.25) is 11.8 Å². The lowest BCUT2D eigenvalue weighted by atomic mass is 10.3. The number of hydrogen-bond donors (Lipinski definition) is 1. The first-order valence-corrected chi connectivity index (χ1v) is 9.67. The van der Waals surface area contributed by atoms with Crippen LogP contribution in [0.4, 0.5) is 11.5 Å². The molecule has 1 aromatic carbocycles. The number of nitrogens with zero attached hydrogens (tertiary/aromatic N) is 3. The van der Waals surface area contributed by atoms with Crippen LogP contribution in [-0.2, 0) is 15.8 Å². The number of hydrogen-bond acceptors (Lipinski definition) is 5. The van der Waals surface area contributed by atoms with E-state index in [4.69, 9.17) is 4.74 Å². The Hall–Kier alpha value is -2.71. The molecule has 1 N–H and O–H groups in total. The molecule has 1 atom stereocenters. The van der Waals surface area contributed by atoms with E-state index in [1.807, 2.05) is 22.5 Å². The van der Waals surface area contributed by atoms with Gasteiger partial charge in [-0.2, -0.15) is 4.98 Å². The maximum Gasteiger partial charge on any atom is 0.247 e. The van der Waals surface area contributed by atoms with E-state index < -0.39 is 11.0 Å². The summed E-state index contributed by atoms with van der Waals surface area (Å²) in [5.74, 6) is 1.18. The number of methoxy groups -OCH3 is 1. The molecular weight excluding hydrogens is 364 g/mol. The molecule has 8 heteroatoms. The number of piperazine rings is 1. The normalized spacial score (nSPS) is 15.8. The fourth-order valence-electron chi connectivity index (χ4n) is 2.77. The molecule has 1 aromatic heterocycles. The topological polar surface area (TPSA) is 74.8 Å². The van der Waals surface area contributed by atoms with Gasteiger partial charge >= 0.3 is 0 Å². The minimum Gasteiger partial charge on any atom is -0.481 e. The maximum atomic E-state index is 12.8. The number of benzene rings is 1. The van der Waals surface area contributed by atoms with Gasteiger partial charge < -0.3 is 15.0 Å². The van der Waals surface area contributed by atoms with Gasteiger partial charge in [-0.1, -0.05) is 12.6 Å². The molecule has 142 valence electrons. The van der Waals surface area contributed by atoms with Gasteiger partial charge in [-0.05, 0) is 36.4 Å². The van der Waals surface area contributed by atoms with E-state index in [2.05, 4.69) is 21.8 Å². The lowest BCUT2D eigenvalue weighted by Gasteiger charge is -2.34. The number of aromatic nitrogens is 1. The minimum atomic E-state index is -1.24. The quantitative estimate of drug-likeness (QED) is 0.769. The Balaban J connectivity index is 1.59. The highest BCUT2D eigenvalue weighted by Gasteiger charge is 2.23. The van der Waals surface area contributed by atoms with E-state index in [1.165, 1.54) is 6.08 Å². The second-order valence-corrected chi connectivity index (χ2v) is 7.41. The van der Waals surface area contributed by atoms with Gasteiger partial charge in [0.1, 0.15) is 16.8 Å². The van der Waals surface area contributed by atoms with Crippen molar-refractivity contribution >= 4 is 28.4 Å². The van der Waals surface area contributed by atoms with Crippen molar-refractivity contribution in [1.29, 1.82) is 0 Å². The Morgan fingerprint density at radius 3 is 2.52 bits per heavy atom. The van der Waals surface area contributed by atoms with Gasteiger partial charge in [0.25, 0.3) is 0 Å². The van der Waals surface area contributed by atoms with Crippen LogP contribution in [0.5, 0.6) is 5.88 Å². The lowest BCUT2D eigenvalue weighted by molar-refractivity contribution is -0.111. The van der Waals surface area contributed by atoms with E-state index in [0.717, 1.165) is 18.9 Å². The van der Waals surface area contributed by atoms with Crippen LogP contribution >= 0.6 is 0 Å². The molecule has 1 saturated heterocycles. The molecular formula is C19H22N4O3S. The number of carbonyl (C=O) groups excluding carboxylic acids is 1. The number of ether oxygens (including phenoxy) is 1. The molecule has 1 unspecified atom stereocenters. The predicted molar refractivity (Wildman–Crippen MR) is 106 cm³/mol. The zero-order valence-corrected chi connectivity index (χ0v) is 15.9. The van der Waals surface area contributed by atoms with E-state index in [0.29, 0.717) is 29.6 Å². The van der Waals surface area contributed by atoms with Gasteiger partial charge in [0.15, 0.2) is 0 Å². The molecule has 0 radical (unpaired) electrons. The summed E-state index contributed by atoms with van der Waals surface area (Å²) in [6, 6.07) is 12.7. The average molecular weight is 386 g/mol. The van der Waals surface area contributed by atoms with Gasteiger partial charge in [0, 0.05) is 37.9 Å². The summed E-state index contributed by atoms with van der Waals surface area (Å²) in [4.78, 5) is 18.6. The van der Waals surface area contributed by atoms with Crippen LogP contribution in [0.1, 0.15) is 0 Å². The molecule has 27 heavy (non-hydrogen) atoms. The molecule has 2 aromatic rings. The summed E-state index contributed by atoms with van der Waals surface area (Å²) in [7, 11) is 0.357. The Morgan fingerprint density at radius 2 is 1.89 bits per heavy atom. The number of rotatable bonds is 6. The summed E-state index contributed by atoms with van der Waals surface area (Å²) in [6.07, 6.45) is 1.21. The van der Waals surface area contributed by atoms with Crippen molar-refractivity contribution in [2.75, 3.05) is 43.5 Å². The molecule has 7 nitrogen and oxygen atoms in total. The van der Waals surface area contributed by atoms with Crippen molar-refractivity contribution in [2.45, 2.75) is 4.90 Å². The third-order valence-electron chi connectivity index (χ3n) is 4.22. The van der Waals surface area contributed by atoms with Crippen LogP contribution in [0.2, 0.25) is 0 Å². The molecule has 1 aliphatic heterocycles. The monoisotopic (exact) mass is 386 g/mol. The SMILES string of the molecule is C=CC(=O)Nc1ccc(S(=O)N2CCN(c3cccc(OC)n3)CC2)cc1. The molecule has 0 spiro atoms. The number of pyridine rings is 1. The minimum absolute atomic E-state index is 0.272. The summed E-state index contributed by atoms with van der Waals surface area (Å²) < 4.78 is 19.9. The number of anilines is 2. The van der Waals surface area contributed by atoms with Crippen LogP contribution in [0.25, 0.3) is 0 Å². The smallest absolute Gasteiger partial charge is 0.247 e. The highest BCUT2D eigenvalue weighted by molar-refractivity contribution is 7.82. The van der Waals surface area contributed by atoms with Gasteiger partial charge in [0.05, 0.1) is 12.0 Å². The van der Waals surface area contributed by atoms with Crippen molar-refractivity contribution in [2.24, 2.45) is 0 Å². The largest absolute Gasteiger partial charge is 0.481 e. The van der Waals surface area contributed by atoms with Crippen LogP contribution < -0.4 is 15.0 Å². The van der Waals surface area contributed by atoms with Crippen LogP contribution in [0.3, 0.4) is 0 Å². The second-order valence-electron chi connectivity index (χ2n) is 5.92. The van der Waals surface area contributed by atoms with Crippen molar-refractivity contribution in [3.8, 4) is 5.88 Å². The first kappa shape index (κ1) is 19.1. The predicted octanol–water partition coefficient (Wildman–Crippen LogP) is 2.06. The summed E-state index contributed by atoms with van der Waals surface area (Å²) >= 11 is 0. The first-order valence-electron chi connectivity index (χ1n) is 8.57. The van der Waals surface area contributed by atoms with Crippen molar-refractivity contribution < 1.29 is 13.7 Å². The Bertz CT molecular complexity index is 833. The number of nitrogens with one attached hydrogen (secondary N) is 1. The molecule has 0 bridgehead atoms.